The molecule has 0 N–H and O–H groups in total. The summed E-state index contributed by atoms with van der Waals surface area (Å²) in [5, 5.41) is 0. The Kier molecular flexibility index (Phi) is 7.92. The van der Waals surface area contributed by atoms with Gasteiger partial charge in [0.1, 0.15) is 13.2 Å². The van der Waals surface area contributed by atoms with Crippen LogP contribution in [0.3, 0.4) is 0 Å². The molecule has 0 aromatic heterocycles. The summed E-state index contributed by atoms with van der Waals surface area (Å²) in [6, 6.07) is 15.3. The molecular formula is C26H31NO5. The van der Waals surface area contributed by atoms with E-state index < -0.39 is 12.0 Å². The Morgan fingerprint density at radius 2 is 1.94 bits per heavy atom. The van der Waals surface area contributed by atoms with Gasteiger partial charge in [-0.3, -0.25) is 4.79 Å². The van der Waals surface area contributed by atoms with Crippen molar-refractivity contribution in [1.82, 2.24) is 4.90 Å². The number of nitrogens with zero attached hydrogens (tertiary/aromatic N) is 1. The lowest BCUT2D eigenvalue weighted by molar-refractivity contribution is -0.133. The monoisotopic (exact) mass is 437 g/mol. The van der Waals surface area contributed by atoms with Crippen molar-refractivity contribution in [1.29, 1.82) is 0 Å². The van der Waals surface area contributed by atoms with Gasteiger partial charge < -0.3 is 14.2 Å². The molecule has 1 heterocycles. The Labute approximate surface area is 189 Å². The lowest BCUT2D eigenvalue weighted by atomic mass is 9.93. The number of allylic oxidation sites excluding steroid dienone is 1. The number of amides is 2. The van der Waals surface area contributed by atoms with E-state index in [9.17, 15) is 9.59 Å². The quantitative estimate of drug-likeness (QED) is 0.489. The molecule has 3 rings (SSSR count). The summed E-state index contributed by atoms with van der Waals surface area (Å²) < 4.78 is 16.6. The van der Waals surface area contributed by atoms with E-state index in [4.69, 9.17) is 14.2 Å². The third kappa shape index (κ3) is 5.49. The van der Waals surface area contributed by atoms with Crippen molar-refractivity contribution >= 4 is 12.0 Å². The van der Waals surface area contributed by atoms with Crippen molar-refractivity contribution in [2.75, 3.05) is 13.7 Å². The number of carbonyl (C=O) groups excluding carboxylic acids is 2. The zero-order valence-electron chi connectivity index (χ0n) is 19.0. The molecule has 1 saturated heterocycles. The van der Waals surface area contributed by atoms with Crippen LogP contribution in [0.15, 0.2) is 61.2 Å². The molecule has 0 saturated carbocycles. The first-order valence-electron chi connectivity index (χ1n) is 10.9. The van der Waals surface area contributed by atoms with E-state index in [1.54, 1.807) is 13.2 Å². The molecule has 2 aromatic carbocycles. The van der Waals surface area contributed by atoms with E-state index in [0.717, 1.165) is 11.1 Å². The van der Waals surface area contributed by atoms with E-state index in [-0.39, 0.29) is 24.5 Å². The van der Waals surface area contributed by atoms with Crippen molar-refractivity contribution in [3.63, 3.8) is 0 Å². The van der Waals surface area contributed by atoms with Crippen molar-refractivity contribution in [2.24, 2.45) is 11.8 Å². The highest BCUT2D eigenvalue weighted by Gasteiger charge is 2.41. The summed E-state index contributed by atoms with van der Waals surface area (Å²) in [7, 11) is 1.59. The van der Waals surface area contributed by atoms with Crippen molar-refractivity contribution in [2.45, 2.75) is 39.3 Å². The van der Waals surface area contributed by atoms with Crippen LogP contribution in [0.4, 0.5) is 4.79 Å². The normalized spacial score (nSPS) is 16.6. The molecule has 1 aliphatic rings. The minimum atomic E-state index is -0.565. The minimum absolute atomic E-state index is 0.121. The number of hydrogen-bond acceptors (Lipinski definition) is 5. The molecule has 0 bridgehead atoms. The molecule has 2 amide bonds. The van der Waals surface area contributed by atoms with E-state index >= 15 is 0 Å². The van der Waals surface area contributed by atoms with Gasteiger partial charge in [-0.1, -0.05) is 56.3 Å². The van der Waals surface area contributed by atoms with Gasteiger partial charge in [0.05, 0.1) is 13.2 Å². The van der Waals surface area contributed by atoms with Gasteiger partial charge in [-0.25, -0.2) is 9.69 Å². The molecule has 170 valence electrons. The van der Waals surface area contributed by atoms with Crippen LogP contribution in [-0.4, -0.2) is 36.7 Å². The summed E-state index contributed by atoms with van der Waals surface area (Å²) >= 11 is 0. The molecule has 1 aliphatic heterocycles. The Balaban J connectivity index is 1.74. The number of cyclic esters (lactones) is 1. The van der Waals surface area contributed by atoms with Crippen LogP contribution in [0.25, 0.3) is 0 Å². The predicted octanol–water partition coefficient (Wildman–Crippen LogP) is 5.01. The third-order valence-corrected chi connectivity index (χ3v) is 5.66. The van der Waals surface area contributed by atoms with Gasteiger partial charge in [0, 0.05) is 5.92 Å². The average Bonchev–Trinajstić information content (AvgIpc) is 3.19. The summed E-state index contributed by atoms with van der Waals surface area (Å²) in [5.74, 6) is 0.712. The SMILES string of the molecule is C=CC[C@H](Cc1ccc(OCc2ccccc2)c(OC)c1)C(=O)N1C(=O)OC[C@H]1C(C)C. The van der Waals surface area contributed by atoms with Crippen molar-refractivity contribution in [3.8, 4) is 11.5 Å². The smallest absolute Gasteiger partial charge is 0.416 e. The standard InChI is InChI=1S/C26H31NO5/c1-5-9-21(25(28)27-22(18(2)3)17-32-26(27)29)14-20-12-13-23(24(15-20)30-4)31-16-19-10-7-6-8-11-19/h5-8,10-13,15,18,21-22H,1,9,14,16-17H2,2-4H3/t21-,22+/m1/s1. The van der Waals surface area contributed by atoms with Crippen LogP contribution >= 0.6 is 0 Å². The highest BCUT2D eigenvalue weighted by Crippen LogP contribution is 2.31. The zero-order chi connectivity index (χ0) is 23.1. The van der Waals surface area contributed by atoms with Crippen LogP contribution < -0.4 is 9.47 Å². The van der Waals surface area contributed by atoms with Gasteiger partial charge in [-0.15, -0.1) is 6.58 Å². The summed E-state index contributed by atoms with van der Waals surface area (Å²) in [6.45, 7) is 8.43. The molecule has 6 nitrogen and oxygen atoms in total. The summed E-state index contributed by atoms with van der Waals surface area (Å²) in [5.41, 5.74) is 1.98. The topological polar surface area (TPSA) is 65.1 Å². The second-order valence-electron chi connectivity index (χ2n) is 8.28. The van der Waals surface area contributed by atoms with Crippen LogP contribution in [0, 0.1) is 11.8 Å². The maximum Gasteiger partial charge on any atom is 0.416 e. The summed E-state index contributed by atoms with van der Waals surface area (Å²) in [4.78, 5) is 26.8. The second kappa shape index (κ2) is 10.8. The molecule has 0 radical (unpaired) electrons. The molecule has 0 aliphatic carbocycles. The predicted molar refractivity (Wildman–Crippen MR) is 123 cm³/mol. The molecule has 2 aromatic rings. The fourth-order valence-electron chi connectivity index (χ4n) is 3.83. The average molecular weight is 438 g/mol. The van der Waals surface area contributed by atoms with Crippen LogP contribution in [0.2, 0.25) is 0 Å². The van der Waals surface area contributed by atoms with E-state index in [0.29, 0.717) is 30.9 Å². The largest absolute Gasteiger partial charge is 0.493 e. The van der Waals surface area contributed by atoms with Gasteiger partial charge in [0.2, 0.25) is 5.91 Å². The first-order valence-corrected chi connectivity index (χ1v) is 10.9. The number of carbonyl (C=O) groups is 2. The maximum atomic E-state index is 13.3. The van der Waals surface area contributed by atoms with E-state index in [2.05, 4.69) is 6.58 Å². The van der Waals surface area contributed by atoms with Gasteiger partial charge in [-0.05, 0) is 42.0 Å². The van der Waals surface area contributed by atoms with Gasteiger partial charge in [0.15, 0.2) is 11.5 Å². The van der Waals surface area contributed by atoms with E-state index in [1.807, 2.05) is 62.4 Å². The second-order valence-corrected chi connectivity index (χ2v) is 8.28. The molecule has 6 heteroatoms. The fourth-order valence-corrected chi connectivity index (χ4v) is 3.83. The molecule has 32 heavy (non-hydrogen) atoms. The number of methoxy groups -OCH3 is 1. The highest BCUT2D eigenvalue weighted by atomic mass is 16.6. The Hall–Kier alpha value is -3.28. The van der Waals surface area contributed by atoms with Crippen LogP contribution in [-0.2, 0) is 22.6 Å². The summed E-state index contributed by atoms with van der Waals surface area (Å²) in [6.07, 6.45) is 2.06. The number of benzene rings is 2. The molecule has 0 spiro atoms. The maximum absolute atomic E-state index is 13.3. The molecular weight excluding hydrogens is 406 g/mol. The minimum Gasteiger partial charge on any atom is -0.493 e. The number of hydrogen-bond donors (Lipinski definition) is 0. The zero-order valence-corrected chi connectivity index (χ0v) is 19.0. The van der Waals surface area contributed by atoms with E-state index in [1.165, 1.54) is 4.90 Å². The van der Waals surface area contributed by atoms with Gasteiger partial charge in [-0.2, -0.15) is 0 Å². The lowest BCUT2D eigenvalue weighted by Crippen LogP contribution is -2.45. The van der Waals surface area contributed by atoms with Gasteiger partial charge in [0.25, 0.3) is 0 Å². The first-order chi connectivity index (χ1) is 15.4. The molecule has 2 atom stereocenters. The number of imide groups is 1. The molecule has 0 unspecified atom stereocenters. The highest BCUT2D eigenvalue weighted by molar-refractivity contribution is 5.95. The number of ether oxygens (including phenoxy) is 3. The fraction of sp³-hybridized carbons (Fsp3) is 0.385. The first kappa shape index (κ1) is 23.4. The van der Waals surface area contributed by atoms with Crippen LogP contribution in [0.5, 0.6) is 11.5 Å². The molecule has 1 fully saturated rings. The third-order valence-electron chi connectivity index (χ3n) is 5.66. The van der Waals surface area contributed by atoms with Crippen LogP contribution in [0.1, 0.15) is 31.4 Å². The lowest BCUT2D eigenvalue weighted by Gasteiger charge is -2.26. The van der Waals surface area contributed by atoms with Crippen molar-refractivity contribution < 1.29 is 23.8 Å². The number of rotatable bonds is 10. The van der Waals surface area contributed by atoms with Crippen molar-refractivity contribution in [3.05, 3.63) is 72.3 Å². The Morgan fingerprint density at radius 3 is 2.59 bits per heavy atom. The van der Waals surface area contributed by atoms with Gasteiger partial charge >= 0.3 is 6.09 Å². The Bertz CT molecular complexity index is 940. The Morgan fingerprint density at radius 1 is 1.19 bits per heavy atom.